The van der Waals surface area contributed by atoms with Gasteiger partial charge in [0.15, 0.2) is 17.3 Å². The van der Waals surface area contributed by atoms with E-state index in [4.69, 9.17) is 4.74 Å². The van der Waals surface area contributed by atoms with Gasteiger partial charge in [0.25, 0.3) is 0 Å². The molecule has 0 atom stereocenters. The van der Waals surface area contributed by atoms with E-state index in [1.165, 1.54) is 18.2 Å². The maximum absolute atomic E-state index is 13.4. The van der Waals surface area contributed by atoms with E-state index in [2.05, 4.69) is 0 Å². The third kappa shape index (κ3) is 8.49. The second-order valence-corrected chi connectivity index (χ2v) is 12.9. The largest absolute Gasteiger partial charge is 1.00 e. The van der Waals surface area contributed by atoms with Crippen molar-refractivity contribution in [3.05, 3.63) is 70.8 Å². The van der Waals surface area contributed by atoms with Crippen LogP contribution in [-0.4, -0.2) is 63.4 Å². The van der Waals surface area contributed by atoms with Gasteiger partial charge in [-0.3, -0.25) is 9.59 Å². The topological polar surface area (TPSA) is 272 Å². The molecule has 0 heterocycles. The quantitative estimate of drug-likeness (QED) is 0.133. The summed E-state index contributed by atoms with van der Waals surface area (Å²) in [4.78, 5) is 18.8. The first kappa shape index (κ1) is 43.4. The third-order valence-corrected chi connectivity index (χ3v) is 8.95. The van der Waals surface area contributed by atoms with Gasteiger partial charge in [0, 0.05) is 5.56 Å². The van der Waals surface area contributed by atoms with Gasteiger partial charge in [0.05, 0.1) is 26.5 Å². The second-order valence-electron chi connectivity index (χ2n) is 7.64. The smallest absolute Gasteiger partial charge is 0.744 e. The van der Waals surface area contributed by atoms with Crippen molar-refractivity contribution in [1.29, 1.82) is 0 Å². The van der Waals surface area contributed by atoms with Gasteiger partial charge in [0.2, 0.25) is 0 Å². The first-order valence-corrected chi connectivity index (χ1v) is 15.4. The van der Waals surface area contributed by atoms with E-state index in [9.17, 15) is 61.5 Å². The molecule has 0 saturated carbocycles. The van der Waals surface area contributed by atoms with Gasteiger partial charge in [-0.25, -0.2) is 33.7 Å². The van der Waals surface area contributed by atoms with Crippen LogP contribution in [0.25, 0.3) is 0 Å². The third-order valence-electron chi connectivity index (χ3n) is 5.26. The summed E-state index contributed by atoms with van der Waals surface area (Å²) < 4.78 is 151. The molecule has 0 radical (unpaired) electrons. The Balaban J connectivity index is 0.00000441. The molecule has 1 aliphatic carbocycles. The summed E-state index contributed by atoms with van der Waals surface area (Å²) in [5.41, 5.74) is -5.97. The van der Waals surface area contributed by atoms with Crippen LogP contribution in [0.5, 0.6) is 11.5 Å². The molecule has 23 heteroatoms. The van der Waals surface area contributed by atoms with Crippen molar-refractivity contribution in [2.75, 3.05) is 0 Å². The SMILES string of the molecule is O=C1c2cccc(S(=O)(=O)[O-])c2C(=O)c2c1c(S(=O)(=O)[O-])c(Oc1ccccc1)c(S(=O)(=O)[O-])c2S(=O)(=O)[O-].[Na+].[Na+].[Na+].[Na+]. The van der Waals surface area contributed by atoms with E-state index in [0.717, 1.165) is 18.2 Å². The monoisotopic (exact) mass is 708 g/mol. The molecule has 0 amide bonds. The Morgan fingerprint density at radius 2 is 0.953 bits per heavy atom. The number of carbonyl (C=O) groups is 2. The molecule has 0 saturated heterocycles. The van der Waals surface area contributed by atoms with E-state index >= 15 is 0 Å². The van der Waals surface area contributed by atoms with Crippen molar-refractivity contribution in [1.82, 2.24) is 0 Å². The van der Waals surface area contributed by atoms with Gasteiger partial charge in [-0.05, 0) is 18.2 Å². The zero-order valence-corrected chi connectivity index (χ0v) is 33.6. The Labute approximate surface area is 333 Å². The first-order valence-electron chi connectivity index (χ1n) is 9.79. The minimum absolute atomic E-state index is 0. The number of benzene rings is 3. The molecular formula is C20H8Na4O15S4. The molecule has 0 aliphatic heterocycles. The summed E-state index contributed by atoms with van der Waals surface area (Å²) in [6.07, 6.45) is 0. The molecule has 43 heavy (non-hydrogen) atoms. The van der Waals surface area contributed by atoms with Crippen molar-refractivity contribution in [3.63, 3.8) is 0 Å². The normalized spacial score (nSPS) is 12.7. The zero-order valence-electron chi connectivity index (χ0n) is 22.4. The maximum Gasteiger partial charge on any atom is 1.00 e. The van der Waals surface area contributed by atoms with Crippen molar-refractivity contribution in [3.8, 4) is 11.5 Å². The van der Waals surface area contributed by atoms with Gasteiger partial charge in [-0.2, -0.15) is 0 Å². The van der Waals surface area contributed by atoms with Crippen LogP contribution in [-0.2, 0) is 40.5 Å². The predicted molar refractivity (Wildman–Crippen MR) is 118 cm³/mol. The second kappa shape index (κ2) is 15.1. The Kier molecular flexibility index (Phi) is 15.3. The zero-order chi connectivity index (χ0) is 29.3. The summed E-state index contributed by atoms with van der Waals surface area (Å²) in [5.74, 6) is -6.19. The van der Waals surface area contributed by atoms with Crippen molar-refractivity contribution in [2.24, 2.45) is 0 Å². The fraction of sp³-hybridized carbons (Fsp3) is 0. The first-order chi connectivity index (χ1) is 17.8. The summed E-state index contributed by atoms with van der Waals surface area (Å²) in [6, 6.07) is 7.85. The summed E-state index contributed by atoms with van der Waals surface area (Å²) in [5, 5.41) is 0. The molecule has 206 valence electrons. The number of ether oxygens (including phenoxy) is 1. The fourth-order valence-corrected chi connectivity index (χ4v) is 7.57. The van der Waals surface area contributed by atoms with Crippen LogP contribution in [0, 0.1) is 0 Å². The van der Waals surface area contributed by atoms with Gasteiger partial charge in [-0.15, -0.1) is 0 Å². The fourth-order valence-electron chi connectivity index (χ4n) is 3.92. The molecule has 15 nitrogen and oxygen atoms in total. The van der Waals surface area contributed by atoms with Crippen LogP contribution >= 0.6 is 0 Å². The minimum atomic E-state index is -6.35. The minimum Gasteiger partial charge on any atom is -0.744 e. The molecule has 0 unspecified atom stereocenters. The molecule has 0 bridgehead atoms. The Morgan fingerprint density at radius 3 is 1.40 bits per heavy atom. The molecule has 1 aliphatic rings. The van der Waals surface area contributed by atoms with Gasteiger partial charge in [0.1, 0.15) is 56.0 Å². The molecule has 0 spiro atoms. The number of rotatable bonds is 6. The number of para-hydroxylation sites is 1. The van der Waals surface area contributed by atoms with Crippen molar-refractivity contribution in [2.45, 2.75) is 19.6 Å². The molecule has 3 aromatic rings. The average Bonchev–Trinajstić information content (AvgIpc) is 2.79. The van der Waals surface area contributed by atoms with Crippen molar-refractivity contribution < 1.29 is 184 Å². The Hall–Kier alpha value is 0.440. The number of hydrogen-bond acceptors (Lipinski definition) is 15. The predicted octanol–water partition coefficient (Wildman–Crippen LogP) is -12.1. The van der Waals surface area contributed by atoms with Crippen LogP contribution in [0.1, 0.15) is 31.8 Å². The molecular weight excluding hydrogens is 700 g/mol. The van der Waals surface area contributed by atoms with E-state index in [1.807, 2.05) is 0 Å². The maximum atomic E-state index is 13.4. The number of hydrogen-bond donors (Lipinski definition) is 0. The summed E-state index contributed by atoms with van der Waals surface area (Å²) in [6.45, 7) is 0. The molecule has 0 aromatic heterocycles. The molecule has 0 N–H and O–H groups in total. The Morgan fingerprint density at radius 1 is 0.488 bits per heavy atom. The summed E-state index contributed by atoms with van der Waals surface area (Å²) in [7, 11) is -24.5. The molecule has 0 fully saturated rings. The average molecular weight is 708 g/mol. The van der Waals surface area contributed by atoms with E-state index in [1.54, 1.807) is 0 Å². The van der Waals surface area contributed by atoms with E-state index in [-0.39, 0.29) is 118 Å². The van der Waals surface area contributed by atoms with Crippen LogP contribution < -0.4 is 123 Å². The van der Waals surface area contributed by atoms with E-state index in [0.29, 0.717) is 12.1 Å². The van der Waals surface area contributed by atoms with Gasteiger partial charge >= 0.3 is 118 Å². The van der Waals surface area contributed by atoms with Crippen LogP contribution in [0.4, 0.5) is 0 Å². The van der Waals surface area contributed by atoms with Gasteiger partial charge in [-0.1, -0.05) is 30.3 Å². The number of fused-ring (bicyclic) bond motifs is 2. The molecule has 4 rings (SSSR count). The number of ketones is 2. The van der Waals surface area contributed by atoms with Crippen LogP contribution in [0.2, 0.25) is 0 Å². The molecule has 3 aromatic carbocycles. The van der Waals surface area contributed by atoms with Crippen LogP contribution in [0.3, 0.4) is 0 Å². The Bertz CT molecular complexity index is 2060. The summed E-state index contributed by atoms with van der Waals surface area (Å²) >= 11 is 0. The van der Waals surface area contributed by atoms with Gasteiger partial charge < -0.3 is 22.9 Å². The standard InChI is InChI=1S/C20H12O15S4.4Na/c21-15-10-7-4-8-11(36(23,24)25)12(10)16(22)14-13(15)18(37(26,27)28)17(35-9-5-2-1-3-6-9)20(39(32,33)34)19(14)38(29,30)31;;;;/h1-8H,(H,23,24,25)(H,26,27,28)(H,29,30,31)(H,32,33,34);;;;/q;4*+1/p-4. The van der Waals surface area contributed by atoms with Crippen molar-refractivity contribution >= 4 is 52.0 Å². The van der Waals surface area contributed by atoms with Crippen LogP contribution in [0.15, 0.2) is 68.1 Å². The van der Waals surface area contributed by atoms with E-state index < -0.39 is 105 Å². The number of carbonyl (C=O) groups excluding carboxylic acids is 2.